The number of nitro groups is 1. The smallest absolute Gasteiger partial charge is 0.277 e. The van der Waals surface area contributed by atoms with Crippen molar-refractivity contribution in [2.45, 2.75) is 39.0 Å². The number of imide groups is 1. The van der Waals surface area contributed by atoms with E-state index in [1.54, 1.807) is 12.1 Å². The lowest BCUT2D eigenvalue weighted by Crippen LogP contribution is -2.35. The average Bonchev–Trinajstić information content (AvgIpc) is 3.32. The summed E-state index contributed by atoms with van der Waals surface area (Å²) in [4.78, 5) is 39.9. The Morgan fingerprint density at radius 3 is 2.31 bits per heavy atom. The summed E-state index contributed by atoms with van der Waals surface area (Å²) in [6, 6.07) is 5.83. The Balaban J connectivity index is 1.79. The minimum Gasteiger partial charge on any atom is -0.381 e. The van der Waals surface area contributed by atoms with E-state index in [9.17, 15) is 19.7 Å². The monoisotopic (exact) mass is 401 g/mol. The zero-order valence-electron chi connectivity index (χ0n) is 16.8. The van der Waals surface area contributed by atoms with Crippen molar-refractivity contribution in [1.82, 2.24) is 9.80 Å². The topological polar surface area (TPSA) is 93.0 Å². The van der Waals surface area contributed by atoms with Gasteiger partial charge in [-0.15, -0.1) is 0 Å². The highest BCUT2D eigenvalue weighted by Gasteiger charge is 2.41. The number of nitrogens with zero attached hydrogens (tertiary/aromatic N) is 3. The van der Waals surface area contributed by atoms with E-state index in [1.165, 1.54) is 17.0 Å². The molecule has 3 rings (SSSR count). The number of carbonyl (C=O) groups is 2. The van der Waals surface area contributed by atoms with Crippen LogP contribution >= 0.6 is 0 Å². The Kier molecular flexibility index (Phi) is 6.98. The number of nitro benzene ring substituents is 1. The summed E-state index contributed by atoms with van der Waals surface area (Å²) in [6.07, 6.45) is 4.59. The quantitative estimate of drug-likeness (QED) is 0.259. The first kappa shape index (κ1) is 21.0. The molecule has 0 saturated carbocycles. The lowest BCUT2D eigenvalue weighted by Gasteiger charge is -2.20. The minimum atomic E-state index is -0.480. The van der Waals surface area contributed by atoms with Gasteiger partial charge in [-0.3, -0.25) is 24.6 Å². The van der Waals surface area contributed by atoms with Gasteiger partial charge in [0, 0.05) is 45.0 Å². The number of ether oxygens (including phenoxy) is 1. The summed E-state index contributed by atoms with van der Waals surface area (Å²) in [5.74, 6) is -0.613. The average molecular weight is 401 g/mol. The first-order valence-corrected chi connectivity index (χ1v) is 10.2. The van der Waals surface area contributed by atoms with Crippen molar-refractivity contribution in [3.63, 3.8) is 0 Å². The second-order valence-corrected chi connectivity index (χ2v) is 7.30. The van der Waals surface area contributed by atoms with Gasteiger partial charge in [-0.25, -0.2) is 0 Å². The van der Waals surface area contributed by atoms with Crippen LogP contribution in [-0.4, -0.2) is 59.4 Å². The Bertz CT molecular complexity index is 797. The Labute approximate surface area is 170 Å². The van der Waals surface area contributed by atoms with Crippen molar-refractivity contribution >= 4 is 23.1 Å². The van der Waals surface area contributed by atoms with E-state index in [1.807, 2.05) is 4.90 Å². The molecule has 0 aliphatic carbocycles. The molecule has 0 N–H and O–H groups in total. The maximum atomic E-state index is 13.1. The van der Waals surface area contributed by atoms with Crippen molar-refractivity contribution in [3.05, 3.63) is 45.6 Å². The minimum absolute atomic E-state index is 0.0464. The van der Waals surface area contributed by atoms with Crippen molar-refractivity contribution < 1.29 is 19.2 Å². The lowest BCUT2D eigenvalue weighted by atomic mass is 10.0. The molecule has 1 aromatic rings. The lowest BCUT2D eigenvalue weighted by molar-refractivity contribution is -0.384. The van der Waals surface area contributed by atoms with Gasteiger partial charge in [0.15, 0.2) is 0 Å². The number of hydrogen-bond donors (Lipinski definition) is 0. The molecule has 1 saturated heterocycles. The van der Waals surface area contributed by atoms with Crippen LogP contribution in [0.25, 0.3) is 5.57 Å². The van der Waals surface area contributed by atoms with Crippen molar-refractivity contribution in [2.24, 2.45) is 0 Å². The van der Waals surface area contributed by atoms with Gasteiger partial charge in [0.25, 0.3) is 17.5 Å². The molecular weight excluding hydrogens is 374 g/mol. The summed E-state index contributed by atoms with van der Waals surface area (Å²) in [5, 5.41) is 10.9. The van der Waals surface area contributed by atoms with Gasteiger partial charge in [0.05, 0.1) is 10.5 Å². The fourth-order valence-electron chi connectivity index (χ4n) is 3.68. The van der Waals surface area contributed by atoms with E-state index in [-0.39, 0.29) is 17.5 Å². The van der Waals surface area contributed by atoms with Gasteiger partial charge in [0.2, 0.25) is 0 Å². The molecule has 1 aromatic carbocycles. The van der Waals surface area contributed by atoms with Crippen LogP contribution in [0, 0.1) is 10.1 Å². The fourth-order valence-corrected chi connectivity index (χ4v) is 3.68. The second-order valence-electron chi connectivity index (χ2n) is 7.30. The van der Waals surface area contributed by atoms with Gasteiger partial charge >= 0.3 is 0 Å². The van der Waals surface area contributed by atoms with E-state index in [0.29, 0.717) is 43.0 Å². The first-order chi connectivity index (χ1) is 14.0. The highest BCUT2D eigenvalue weighted by Crippen LogP contribution is 2.34. The highest BCUT2D eigenvalue weighted by molar-refractivity contribution is 6.35. The molecule has 8 nitrogen and oxygen atoms in total. The van der Waals surface area contributed by atoms with Gasteiger partial charge < -0.3 is 9.64 Å². The molecule has 2 heterocycles. The van der Waals surface area contributed by atoms with E-state index in [2.05, 4.69) is 6.92 Å². The maximum absolute atomic E-state index is 13.1. The number of rotatable bonds is 10. The first-order valence-electron chi connectivity index (χ1n) is 10.2. The van der Waals surface area contributed by atoms with E-state index in [4.69, 9.17) is 4.74 Å². The van der Waals surface area contributed by atoms with Crippen molar-refractivity contribution in [2.75, 3.05) is 32.8 Å². The normalized spacial score (nSPS) is 17.0. The number of likely N-dealkylation sites (tertiary alicyclic amines) is 1. The maximum Gasteiger partial charge on any atom is 0.277 e. The van der Waals surface area contributed by atoms with Crippen LogP contribution in [0.4, 0.5) is 5.69 Å². The zero-order chi connectivity index (χ0) is 20.8. The second kappa shape index (κ2) is 9.65. The number of non-ortho nitro benzene ring substituents is 1. The van der Waals surface area contributed by atoms with Crippen LogP contribution in [0.15, 0.2) is 30.0 Å². The summed E-state index contributed by atoms with van der Waals surface area (Å²) < 4.78 is 5.54. The Morgan fingerprint density at radius 2 is 1.69 bits per heavy atom. The molecular formula is C21H27N3O5. The molecule has 2 aliphatic rings. The highest BCUT2D eigenvalue weighted by atomic mass is 16.6. The third-order valence-electron chi connectivity index (χ3n) is 5.25. The number of amides is 2. The van der Waals surface area contributed by atoms with E-state index in [0.717, 1.165) is 38.8 Å². The Morgan fingerprint density at radius 1 is 1.03 bits per heavy atom. The van der Waals surface area contributed by atoms with Gasteiger partial charge in [-0.2, -0.15) is 0 Å². The third kappa shape index (κ3) is 4.64. The molecule has 8 heteroatoms. The fraction of sp³-hybridized carbons (Fsp3) is 0.524. The molecule has 156 valence electrons. The van der Waals surface area contributed by atoms with Crippen LogP contribution in [0.5, 0.6) is 0 Å². The summed E-state index contributed by atoms with van der Waals surface area (Å²) in [6.45, 7) is 5.05. The van der Waals surface area contributed by atoms with Crippen molar-refractivity contribution in [3.8, 4) is 0 Å². The summed E-state index contributed by atoms with van der Waals surface area (Å²) in [7, 11) is 0. The molecule has 0 unspecified atom stereocenters. The predicted octanol–water partition coefficient (Wildman–Crippen LogP) is 2.98. The third-order valence-corrected chi connectivity index (χ3v) is 5.25. The molecule has 0 spiro atoms. The SMILES string of the molecule is CCCCOCCCN1C(=O)C(c2ccc([N+](=O)[O-])cc2)=C(N2CCCC2)C1=O. The van der Waals surface area contributed by atoms with Gasteiger partial charge in [0.1, 0.15) is 5.70 Å². The molecule has 0 bridgehead atoms. The molecule has 1 fully saturated rings. The molecule has 29 heavy (non-hydrogen) atoms. The van der Waals surface area contributed by atoms with E-state index < -0.39 is 4.92 Å². The largest absolute Gasteiger partial charge is 0.381 e. The molecule has 0 atom stereocenters. The zero-order valence-corrected chi connectivity index (χ0v) is 16.8. The molecule has 2 amide bonds. The number of hydrogen-bond acceptors (Lipinski definition) is 6. The predicted molar refractivity (Wildman–Crippen MR) is 108 cm³/mol. The van der Waals surface area contributed by atoms with Crippen molar-refractivity contribution in [1.29, 1.82) is 0 Å². The number of carbonyl (C=O) groups excluding carboxylic acids is 2. The van der Waals surface area contributed by atoms with Crippen LogP contribution in [-0.2, 0) is 14.3 Å². The van der Waals surface area contributed by atoms with Crippen LogP contribution < -0.4 is 0 Å². The summed E-state index contributed by atoms with van der Waals surface area (Å²) in [5.41, 5.74) is 1.26. The van der Waals surface area contributed by atoms with Gasteiger partial charge in [-0.05, 0) is 43.4 Å². The molecule has 0 aromatic heterocycles. The molecule has 0 radical (unpaired) electrons. The van der Waals surface area contributed by atoms with Crippen LogP contribution in [0.2, 0.25) is 0 Å². The van der Waals surface area contributed by atoms with Crippen LogP contribution in [0.3, 0.4) is 0 Å². The Hall–Kier alpha value is -2.74. The molecule has 2 aliphatic heterocycles. The van der Waals surface area contributed by atoms with E-state index >= 15 is 0 Å². The summed E-state index contributed by atoms with van der Waals surface area (Å²) >= 11 is 0. The number of unbranched alkanes of at least 4 members (excludes halogenated alkanes) is 1. The van der Waals surface area contributed by atoms with Gasteiger partial charge in [-0.1, -0.05) is 13.3 Å². The standard InChI is InChI=1S/C21H27N3O5/c1-2-3-14-29-15-6-13-23-20(25)18(16-7-9-17(10-8-16)24(27)28)19(21(23)26)22-11-4-5-12-22/h7-10H,2-6,11-15H2,1H3. The van der Waals surface area contributed by atoms with Crippen LogP contribution in [0.1, 0.15) is 44.6 Å². The number of benzene rings is 1.